The number of halogens is 1. The van der Waals surface area contributed by atoms with Gasteiger partial charge >= 0.3 is 5.97 Å². The maximum atomic E-state index is 10.8. The molecule has 1 unspecified atom stereocenters. The molecule has 0 radical (unpaired) electrons. The van der Waals surface area contributed by atoms with Crippen LogP contribution in [0.5, 0.6) is 0 Å². The Morgan fingerprint density at radius 1 is 1.69 bits per heavy atom. The molecule has 0 saturated heterocycles. The molecule has 2 N–H and O–H groups in total. The second-order valence-electron chi connectivity index (χ2n) is 2.10. The summed E-state index contributed by atoms with van der Waals surface area (Å²) < 4.78 is 27.7. The smallest absolute Gasteiger partial charge is 0.326 e. The number of alkyl halides is 1. The lowest BCUT2D eigenvalue weighted by Crippen LogP contribution is -2.44. The molecule has 0 aliphatic heterocycles. The molecule has 0 aromatic carbocycles. The molecule has 6 nitrogen and oxygen atoms in total. The van der Waals surface area contributed by atoms with Crippen molar-refractivity contribution in [2.75, 3.05) is 18.9 Å². The van der Waals surface area contributed by atoms with Gasteiger partial charge in [-0.15, -0.1) is 11.6 Å². The van der Waals surface area contributed by atoms with Gasteiger partial charge in [-0.1, -0.05) is 0 Å². The molecule has 0 spiro atoms. The normalized spacial score (nSPS) is 13.8. The van der Waals surface area contributed by atoms with Gasteiger partial charge in [0.05, 0.1) is 13.7 Å². The first kappa shape index (κ1) is 12.6. The Kier molecular flexibility index (Phi) is 5.23. The fourth-order valence-corrected chi connectivity index (χ4v) is 1.41. The lowest BCUT2D eigenvalue weighted by Gasteiger charge is -2.12. The summed E-state index contributed by atoms with van der Waals surface area (Å²) in [6.07, 6.45) is 0. The number of carbonyl (C=O) groups is 1. The molecule has 0 aromatic rings. The van der Waals surface area contributed by atoms with Crippen molar-refractivity contribution in [1.82, 2.24) is 4.72 Å². The van der Waals surface area contributed by atoms with Crippen molar-refractivity contribution in [3.05, 3.63) is 0 Å². The lowest BCUT2D eigenvalue weighted by molar-refractivity contribution is -0.143. The van der Waals surface area contributed by atoms with Gasteiger partial charge in [0.25, 0.3) is 0 Å². The first-order valence-electron chi connectivity index (χ1n) is 3.21. The van der Waals surface area contributed by atoms with Gasteiger partial charge in [-0.3, -0.25) is 4.79 Å². The number of hydrogen-bond acceptors (Lipinski definition) is 5. The topological polar surface area (TPSA) is 92.7 Å². The van der Waals surface area contributed by atoms with Crippen LogP contribution in [0.1, 0.15) is 0 Å². The van der Waals surface area contributed by atoms with Crippen molar-refractivity contribution >= 4 is 27.6 Å². The molecule has 13 heavy (non-hydrogen) atoms. The number of carbonyl (C=O) groups excluding carboxylic acids is 1. The van der Waals surface area contributed by atoms with Crippen LogP contribution in [0.4, 0.5) is 0 Å². The highest BCUT2D eigenvalue weighted by Crippen LogP contribution is 1.94. The van der Waals surface area contributed by atoms with Crippen LogP contribution in [0.2, 0.25) is 0 Å². The molecule has 0 amide bonds. The van der Waals surface area contributed by atoms with Crippen LogP contribution in [-0.2, 0) is 19.6 Å². The Hall–Kier alpha value is -0.370. The van der Waals surface area contributed by atoms with Crippen LogP contribution in [0, 0.1) is 0 Å². The maximum absolute atomic E-state index is 10.8. The van der Waals surface area contributed by atoms with E-state index in [2.05, 4.69) is 4.74 Å². The van der Waals surface area contributed by atoms with Gasteiger partial charge in [0.2, 0.25) is 10.0 Å². The molecule has 1 atom stereocenters. The Labute approximate surface area is 80.9 Å². The van der Waals surface area contributed by atoms with E-state index in [0.29, 0.717) is 0 Å². The van der Waals surface area contributed by atoms with E-state index in [0.717, 1.165) is 7.11 Å². The minimum atomic E-state index is -3.73. The first-order chi connectivity index (χ1) is 5.96. The number of esters is 1. The summed E-state index contributed by atoms with van der Waals surface area (Å²) in [7, 11) is -2.65. The zero-order valence-electron chi connectivity index (χ0n) is 6.86. The third-order valence-electron chi connectivity index (χ3n) is 1.13. The van der Waals surface area contributed by atoms with E-state index in [9.17, 15) is 13.2 Å². The minimum absolute atomic E-state index is 0.678. The van der Waals surface area contributed by atoms with E-state index in [-0.39, 0.29) is 0 Å². The molecule has 8 heteroatoms. The quantitative estimate of drug-likeness (QED) is 0.450. The molecular formula is C5H10ClNO5S. The summed E-state index contributed by atoms with van der Waals surface area (Å²) in [6, 6.07) is -1.30. The van der Waals surface area contributed by atoms with Gasteiger partial charge in [0.1, 0.15) is 11.3 Å². The van der Waals surface area contributed by atoms with Crippen molar-refractivity contribution < 1.29 is 23.1 Å². The van der Waals surface area contributed by atoms with Crippen molar-refractivity contribution in [1.29, 1.82) is 0 Å². The van der Waals surface area contributed by atoms with Gasteiger partial charge < -0.3 is 9.84 Å². The summed E-state index contributed by atoms with van der Waals surface area (Å²) in [6.45, 7) is -0.678. The highest BCUT2D eigenvalue weighted by atomic mass is 35.5. The number of hydrogen-bond donors (Lipinski definition) is 2. The monoisotopic (exact) mass is 231 g/mol. The van der Waals surface area contributed by atoms with E-state index in [1.165, 1.54) is 0 Å². The maximum Gasteiger partial charge on any atom is 0.326 e. The molecule has 0 rings (SSSR count). The molecule has 0 aliphatic rings. The highest BCUT2D eigenvalue weighted by molar-refractivity contribution is 7.90. The Morgan fingerprint density at radius 3 is 2.54 bits per heavy atom. The average molecular weight is 232 g/mol. The van der Waals surface area contributed by atoms with Crippen molar-refractivity contribution in [2.45, 2.75) is 6.04 Å². The van der Waals surface area contributed by atoms with Crippen LogP contribution in [-0.4, -0.2) is 44.5 Å². The third kappa shape index (κ3) is 4.41. The fourth-order valence-electron chi connectivity index (χ4n) is 0.550. The Morgan fingerprint density at radius 2 is 2.23 bits per heavy atom. The Balaban J connectivity index is 4.38. The Bertz CT molecular complexity index is 264. The molecular weight excluding hydrogens is 222 g/mol. The molecule has 78 valence electrons. The van der Waals surface area contributed by atoms with Crippen LogP contribution in [0.25, 0.3) is 0 Å². The van der Waals surface area contributed by atoms with Gasteiger partial charge in [-0.2, -0.15) is 4.72 Å². The zero-order valence-corrected chi connectivity index (χ0v) is 8.43. The van der Waals surface area contributed by atoms with E-state index < -0.39 is 33.9 Å². The first-order valence-corrected chi connectivity index (χ1v) is 5.40. The van der Waals surface area contributed by atoms with Crippen molar-refractivity contribution in [3.63, 3.8) is 0 Å². The summed E-state index contributed by atoms with van der Waals surface area (Å²) in [5, 5.41) is 7.94. The van der Waals surface area contributed by atoms with E-state index in [4.69, 9.17) is 16.7 Å². The number of rotatable bonds is 5. The predicted molar refractivity (Wildman–Crippen MR) is 45.7 cm³/mol. The number of methoxy groups -OCH3 is 1. The van der Waals surface area contributed by atoms with Crippen LogP contribution >= 0.6 is 11.6 Å². The van der Waals surface area contributed by atoms with E-state index >= 15 is 0 Å². The summed E-state index contributed by atoms with van der Waals surface area (Å²) in [5.74, 6) is -0.865. The number of ether oxygens (including phenoxy) is 1. The van der Waals surface area contributed by atoms with Crippen LogP contribution in [0.15, 0.2) is 0 Å². The average Bonchev–Trinajstić information content (AvgIpc) is 2.13. The van der Waals surface area contributed by atoms with Crippen LogP contribution < -0.4 is 4.72 Å². The van der Waals surface area contributed by atoms with E-state index in [1.807, 2.05) is 4.72 Å². The molecule has 0 fully saturated rings. The van der Waals surface area contributed by atoms with Gasteiger partial charge in [-0.05, 0) is 0 Å². The summed E-state index contributed by atoms with van der Waals surface area (Å²) in [4.78, 5) is 10.8. The zero-order chi connectivity index (χ0) is 10.5. The largest absolute Gasteiger partial charge is 0.468 e. The number of nitrogens with one attached hydrogen (secondary N) is 1. The predicted octanol–water partition coefficient (Wildman–Crippen LogP) is -1.36. The second-order valence-corrected chi connectivity index (χ2v) is 4.44. The molecule has 0 saturated carbocycles. The third-order valence-corrected chi connectivity index (χ3v) is 2.93. The number of sulfonamides is 1. The van der Waals surface area contributed by atoms with Crippen molar-refractivity contribution in [3.8, 4) is 0 Å². The van der Waals surface area contributed by atoms with E-state index in [1.54, 1.807) is 0 Å². The number of aliphatic hydroxyl groups excluding tert-OH is 1. The molecule has 0 heterocycles. The van der Waals surface area contributed by atoms with Crippen LogP contribution in [0.3, 0.4) is 0 Å². The minimum Gasteiger partial charge on any atom is -0.468 e. The lowest BCUT2D eigenvalue weighted by atomic mass is 10.3. The summed E-state index contributed by atoms with van der Waals surface area (Å²) in [5.41, 5.74) is 0. The SMILES string of the molecule is COC(=O)C(CO)NS(=O)(=O)CCl. The van der Waals surface area contributed by atoms with Crippen molar-refractivity contribution in [2.24, 2.45) is 0 Å². The van der Waals surface area contributed by atoms with Gasteiger partial charge in [0, 0.05) is 0 Å². The van der Waals surface area contributed by atoms with Gasteiger partial charge in [-0.25, -0.2) is 8.42 Å². The van der Waals surface area contributed by atoms with Gasteiger partial charge in [0.15, 0.2) is 0 Å². The standard InChI is InChI=1S/C5H10ClNO5S/c1-12-5(9)4(2-8)7-13(10,11)3-6/h4,7-8H,2-3H2,1H3. The molecule has 0 bridgehead atoms. The molecule has 0 aromatic heterocycles. The number of aliphatic hydroxyl groups is 1. The fraction of sp³-hybridized carbons (Fsp3) is 0.800. The second kappa shape index (κ2) is 5.38. The highest BCUT2D eigenvalue weighted by Gasteiger charge is 2.23. The molecule has 0 aliphatic carbocycles. The summed E-state index contributed by atoms with van der Waals surface area (Å²) >= 11 is 5.06.